The van der Waals surface area contributed by atoms with Crippen molar-refractivity contribution in [2.45, 2.75) is 6.42 Å². The standard InChI is InChI=1S/C23H25ClN4O.2ClH/c24-21-9-5-4-8-19(21)16-20-17-22(18-6-2-1-3-7-18)26-27-23(20)25-10-11-28-12-14-29-15-13-28;;/h1-9,17H,10-16H2,(H,25,27);2*1H. The Hall–Kier alpha value is -1.89. The van der Waals surface area contributed by atoms with Crippen LogP contribution in [0, 0.1) is 0 Å². The molecule has 1 saturated heterocycles. The lowest BCUT2D eigenvalue weighted by atomic mass is 10.0. The summed E-state index contributed by atoms with van der Waals surface area (Å²) in [5, 5.41) is 13.2. The van der Waals surface area contributed by atoms with Gasteiger partial charge in [0.05, 0.1) is 18.9 Å². The predicted octanol–water partition coefficient (Wildman–Crippen LogP) is 4.98. The zero-order valence-corrected chi connectivity index (χ0v) is 19.6. The zero-order chi connectivity index (χ0) is 19.9. The Morgan fingerprint density at radius 2 is 1.61 bits per heavy atom. The van der Waals surface area contributed by atoms with Crippen molar-refractivity contribution in [1.29, 1.82) is 0 Å². The second kappa shape index (κ2) is 12.8. The fourth-order valence-electron chi connectivity index (χ4n) is 3.47. The molecule has 0 atom stereocenters. The maximum atomic E-state index is 6.41. The van der Waals surface area contributed by atoms with E-state index in [1.165, 1.54) is 0 Å². The van der Waals surface area contributed by atoms with Crippen LogP contribution in [-0.4, -0.2) is 54.5 Å². The molecule has 2 aromatic carbocycles. The van der Waals surface area contributed by atoms with Crippen LogP contribution in [0.3, 0.4) is 0 Å². The van der Waals surface area contributed by atoms with Crippen LogP contribution in [-0.2, 0) is 11.2 Å². The van der Waals surface area contributed by atoms with Crippen LogP contribution in [0.5, 0.6) is 0 Å². The van der Waals surface area contributed by atoms with Gasteiger partial charge >= 0.3 is 0 Å². The highest BCUT2D eigenvalue weighted by atomic mass is 35.5. The molecule has 1 aromatic heterocycles. The lowest BCUT2D eigenvalue weighted by Crippen LogP contribution is -2.39. The molecule has 0 bridgehead atoms. The topological polar surface area (TPSA) is 50.3 Å². The van der Waals surface area contributed by atoms with Crippen LogP contribution >= 0.6 is 36.4 Å². The van der Waals surface area contributed by atoms with Crippen molar-refractivity contribution in [1.82, 2.24) is 15.1 Å². The molecule has 5 nitrogen and oxygen atoms in total. The predicted molar refractivity (Wildman–Crippen MR) is 132 cm³/mol. The van der Waals surface area contributed by atoms with Gasteiger partial charge in [-0.2, -0.15) is 0 Å². The molecule has 4 rings (SSSR count). The molecule has 0 saturated carbocycles. The number of aromatic nitrogens is 2. The zero-order valence-electron chi connectivity index (χ0n) is 17.2. The van der Waals surface area contributed by atoms with Crippen LogP contribution < -0.4 is 5.32 Å². The average molecular weight is 482 g/mol. The molecule has 0 unspecified atom stereocenters. The Bertz CT molecular complexity index is 937. The summed E-state index contributed by atoms with van der Waals surface area (Å²) in [4.78, 5) is 2.40. The molecule has 0 aliphatic carbocycles. The number of morpholine rings is 1. The Morgan fingerprint density at radius 3 is 2.35 bits per heavy atom. The minimum absolute atomic E-state index is 0. The second-order valence-electron chi connectivity index (χ2n) is 7.12. The summed E-state index contributed by atoms with van der Waals surface area (Å²) in [5.74, 6) is 0.817. The van der Waals surface area contributed by atoms with Gasteiger partial charge in [0.1, 0.15) is 0 Å². The maximum absolute atomic E-state index is 6.41. The van der Waals surface area contributed by atoms with Gasteiger partial charge in [-0.3, -0.25) is 4.90 Å². The average Bonchev–Trinajstić information content (AvgIpc) is 2.77. The monoisotopic (exact) mass is 480 g/mol. The quantitative estimate of drug-likeness (QED) is 0.516. The smallest absolute Gasteiger partial charge is 0.152 e. The van der Waals surface area contributed by atoms with E-state index in [0.29, 0.717) is 6.42 Å². The maximum Gasteiger partial charge on any atom is 0.152 e. The van der Waals surface area contributed by atoms with Crippen molar-refractivity contribution >= 4 is 42.2 Å². The minimum atomic E-state index is 0. The molecule has 1 aliphatic rings. The van der Waals surface area contributed by atoms with Crippen molar-refractivity contribution in [3.63, 3.8) is 0 Å². The molecule has 0 spiro atoms. The molecular formula is C23H27Cl3N4O. The first-order chi connectivity index (χ1) is 14.3. The van der Waals surface area contributed by atoms with Crippen molar-refractivity contribution in [3.05, 3.63) is 76.8 Å². The van der Waals surface area contributed by atoms with E-state index in [1.807, 2.05) is 36.4 Å². The van der Waals surface area contributed by atoms with E-state index < -0.39 is 0 Å². The Labute approximate surface area is 201 Å². The lowest BCUT2D eigenvalue weighted by Gasteiger charge is -2.26. The number of hydrogen-bond donors (Lipinski definition) is 1. The van der Waals surface area contributed by atoms with Crippen LogP contribution in [0.25, 0.3) is 11.3 Å². The highest BCUT2D eigenvalue weighted by molar-refractivity contribution is 6.31. The van der Waals surface area contributed by atoms with Gasteiger partial charge in [0.25, 0.3) is 0 Å². The van der Waals surface area contributed by atoms with Crippen molar-refractivity contribution in [3.8, 4) is 11.3 Å². The molecule has 1 fully saturated rings. The van der Waals surface area contributed by atoms with Gasteiger partial charge < -0.3 is 10.1 Å². The number of nitrogens with zero attached hydrogens (tertiary/aromatic N) is 3. The van der Waals surface area contributed by atoms with Gasteiger partial charge in [-0.25, -0.2) is 0 Å². The third-order valence-corrected chi connectivity index (χ3v) is 5.47. The third kappa shape index (κ3) is 7.06. The Balaban J connectivity index is 0.00000171. The Kier molecular flexibility index (Phi) is 10.5. The number of ether oxygens (including phenoxy) is 1. The number of rotatable bonds is 7. The van der Waals surface area contributed by atoms with Crippen molar-refractivity contribution < 1.29 is 4.74 Å². The lowest BCUT2D eigenvalue weighted by molar-refractivity contribution is 0.0398. The van der Waals surface area contributed by atoms with Gasteiger partial charge in [0.15, 0.2) is 5.82 Å². The first kappa shape index (κ1) is 25.4. The van der Waals surface area contributed by atoms with Crippen molar-refractivity contribution in [2.24, 2.45) is 0 Å². The molecular weight excluding hydrogens is 455 g/mol. The number of anilines is 1. The molecule has 1 aliphatic heterocycles. The number of nitrogens with one attached hydrogen (secondary N) is 1. The van der Waals surface area contributed by atoms with E-state index in [1.54, 1.807) is 0 Å². The summed E-state index contributed by atoms with van der Waals surface area (Å²) in [6.45, 7) is 5.35. The fraction of sp³-hybridized carbons (Fsp3) is 0.304. The number of benzene rings is 2. The molecule has 2 heterocycles. The largest absolute Gasteiger partial charge is 0.379 e. The normalized spacial score (nSPS) is 13.7. The van der Waals surface area contributed by atoms with E-state index in [0.717, 1.165) is 72.6 Å². The molecule has 1 N–H and O–H groups in total. The minimum Gasteiger partial charge on any atom is -0.379 e. The second-order valence-corrected chi connectivity index (χ2v) is 7.53. The van der Waals surface area contributed by atoms with Crippen LogP contribution in [0.2, 0.25) is 5.02 Å². The van der Waals surface area contributed by atoms with Gasteiger partial charge in [0, 0.05) is 48.7 Å². The van der Waals surface area contributed by atoms with E-state index in [4.69, 9.17) is 16.3 Å². The first-order valence-electron chi connectivity index (χ1n) is 9.99. The number of halogens is 3. The van der Waals surface area contributed by atoms with E-state index >= 15 is 0 Å². The van der Waals surface area contributed by atoms with Gasteiger partial charge in [0.2, 0.25) is 0 Å². The summed E-state index contributed by atoms with van der Waals surface area (Å²) in [7, 11) is 0. The molecule has 166 valence electrons. The molecule has 0 radical (unpaired) electrons. The van der Waals surface area contributed by atoms with Crippen LogP contribution in [0.1, 0.15) is 11.1 Å². The number of hydrogen-bond acceptors (Lipinski definition) is 5. The van der Waals surface area contributed by atoms with Gasteiger partial charge in [-0.1, -0.05) is 60.1 Å². The van der Waals surface area contributed by atoms with Crippen LogP contribution in [0.15, 0.2) is 60.7 Å². The molecule has 31 heavy (non-hydrogen) atoms. The highest BCUT2D eigenvalue weighted by Gasteiger charge is 2.13. The first-order valence-corrected chi connectivity index (χ1v) is 10.4. The van der Waals surface area contributed by atoms with E-state index in [9.17, 15) is 0 Å². The Morgan fingerprint density at radius 1 is 0.903 bits per heavy atom. The summed E-state index contributed by atoms with van der Waals surface area (Å²) in [6.07, 6.45) is 0.703. The fourth-order valence-corrected chi connectivity index (χ4v) is 3.67. The molecule has 0 amide bonds. The third-order valence-electron chi connectivity index (χ3n) is 5.11. The highest BCUT2D eigenvalue weighted by Crippen LogP contribution is 2.25. The van der Waals surface area contributed by atoms with Crippen molar-refractivity contribution in [2.75, 3.05) is 44.7 Å². The summed E-state index contributed by atoms with van der Waals surface area (Å²) in [5.41, 5.74) is 4.10. The van der Waals surface area contributed by atoms with Crippen LogP contribution in [0.4, 0.5) is 5.82 Å². The molecule has 3 aromatic rings. The SMILES string of the molecule is Cl.Cl.Clc1ccccc1Cc1cc(-c2ccccc2)nnc1NCCN1CCOCC1. The van der Waals surface area contributed by atoms with Gasteiger partial charge in [-0.15, -0.1) is 35.0 Å². The molecule has 8 heteroatoms. The summed E-state index contributed by atoms with van der Waals surface area (Å²) < 4.78 is 5.42. The van der Waals surface area contributed by atoms with E-state index in [-0.39, 0.29) is 24.8 Å². The summed E-state index contributed by atoms with van der Waals surface area (Å²) in [6, 6.07) is 20.2. The van der Waals surface area contributed by atoms with Gasteiger partial charge in [-0.05, 0) is 17.7 Å². The summed E-state index contributed by atoms with van der Waals surface area (Å²) >= 11 is 6.41. The van der Waals surface area contributed by atoms with E-state index in [2.05, 4.69) is 44.7 Å².